The van der Waals surface area contributed by atoms with Crippen molar-refractivity contribution >= 4 is 15.7 Å². The van der Waals surface area contributed by atoms with Gasteiger partial charge in [-0.05, 0) is 37.1 Å². The number of nitrogens with zero attached hydrogens (tertiary/aromatic N) is 2. The zero-order chi connectivity index (χ0) is 31.5. The van der Waals surface area contributed by atoms with Gasteiger partial charge in [0.2, 0.25) is 0 Å². The Kier molecular flexibility index (Phi) is 16.8. The molecule has 0 aliphatic heterocycles. The minimum absolute atomic E-state index is 0.0420. The van der Waals surface area contributed by atoms with E-state index in [2.05, 4.69) is 6.92 Å². The summed E-state index contributed by atoms with van der Waals surface area (Å²) in [5, 5.41) is 21.6. The number of phenols is 1. The predicted octanol–water partition coefficient (Wildman–Crippen LogP) is 7.97. The second-order valence-corrected chi connectivity index (χ2v) is 12.6. The number of rotatable bonds is 24. The number of ether oxygens (including phenoxy) is 3. The van der Waals surface area contributed by atoms with E-state index in [0.717, 1.165) is 19.3 Å². The molecule has 2 rings (SSSR count). The molecule has 10 nitrogen and oxygen atoms in total. The standard InChI is InChI=1S/C32H50N2O8S/c1-4-5-6-7-8-9-10-11-12-13-14-15-16-19-22-41-31-26-28(29(35)25-27(31)2)33(34(36)37)43(38,39)32-21-18-17-20-30(32)42-24-23-40-3/h17-18,20-21,25-26,35H,4-16,19,22-24H2,1-3H3. The van der Waals surface area contributed by atoms with Crippen molar-refractivity contribution in [2.45, 2.75) is 109 Å². The lowest BCUT2D eigenvalue weighted by atomic mass is 10.0. The fraction of sp³-hybridized carbons (Fsp3) is 0.625. The molecule has 2 aromatic carbocycles. The molecule has 0 saturated heterocycles. The Hall–Kier alpha value is -3.05. The molecular weight excluding hydrogens is 572 g/mol. The number of benzene rings is 2. The summed E-state index contributed by atoms with van der Waals surface area (Å²) < 4.78 is 43.3. The van der Waals surface area contributed by atoms with Gasteiger partial charge < -0.3 is 19.3 Å². The summed E-state index contributed by atoms with van der Waals surface area (Å²) in [4.78, 5) is 11.7. The molecule has 0 atom stereocenters. The van der Waals surface area contributed by atoms with Gasteiger partial charge in [-0.3, -0.25) is 0 Å². The Labute approximate surface area is 257 Å². The molecule has 0 aromatic heterocycles. The van der Waals surface area contributed by atoms with Gasteiger partial charge in [0, 0.05) is 17.6 Å². The van der Waals surface area contributed by atoms with Gasteiger partial charge in [0.15, 0.2) is 10.7 Å². The number of hydrazine groups is 1. The van der Waals surface area contributed by atoms with Gasteiger partial charge in [0.1, 0.15) is 28.8 Å². The normalized spacial score (nSPS) is 11.4. The molecule has 0 bridgehead atoms. The SMILES string of the molecule is CCCCCCCCCCCCCCCCOc1cc(N([N+](=O)[O-])S(=O)(=O)c2ccccc2OCCOC)c(O)cc1C. The zero-order valence-electron chi connectivity index (χ0n) is 26.1. The number of hydrogen-bond acceptors (Lipinski definition) is 8. The monoisotopic (exact) mass is 622 g/mol. The first-order chi connectivity index (χ1) is 20.7. The third-order valence-electron chi connectivity index (χ3n) is 7.28. The van der Waals surface area contributed by atoms with E-state index in [1.165, 1.54) is 108 Å². The first kappa shape index (κ1) is 36.1. The van der Waals surface area contributed by atoms with Gasteiger partial charge in [-0.15, -0.1) is 0 Å². The molecule has 0 amide bonds. The van der Waals surface area contributed by atoms with E-state index in [-0.39, 0.29) is 29.1 Å². The lowest BCUT2D eigenvalue weighted by Gasteiger charge is -2.19. The Bertz CT molecular complexity index is 1210. The Balaban J connectivity index is 1.91. The molecule has 242 valence electrons. The maximum absolute atomic E-state index is 13.5. The topological polar surface area (TPSA) is 128 Å². The van der Waals surface area contributed by atoms with Gasteiger partial charge in [-0.2, -0.15) is 8.42 Å². The summed E-state index contributed by atoms with van der Waals surface area (Å²) in [6.45, 7) is 4.56. The number of phenolic OH excluding ortho intramolecular Hbond substituents is 1. The van der Waals surface area contributed by atoms with Crippen LogP contribution in [0.15, 0.2) is 41.3 Å². The van der Waals surface area contributed by atoms with E-state index >= 15 is 0 Å². The minimum atomic E-state index is -4.77. The highest BCUT2D eigenvalue weighted by Gasteiger charge is 2.39. The summed E-state index contributed by atoms with van der Waals surface area (Å²) in [6.07, 6.45) is 17.3. The number of hydrogen-bond donors (Lipinski definition) is 1. The van der Waals surface area contributed by atoms with Crippen molar-refractivity contribution in [3.63, 3.8) is 0 Å². The highest BCUT2D eigenvalue weighted by atomic mass is 32.2. The number of methoxy groups -OCH3 is 1. The molecular formula is C32H50N2O8S. The second-order valence-electron chi connectivity index (χ2n) is 10.8. The van der Waals surface area contributed by atoms with Gasteiger partial charge in [-0.25, -0.2) is 10.1 Å². The number of aromatic hydroxyl groups is 1. The van der Waals surface area contributed by atoms with Gasteiger partial charge in [0.05, 0.1) is 13.2 Å². The van der Waals surface area contributed by atoms with Crippen molar-refractivity contribution in [1.29, 1.82) is 0 Å². The van der Waals surface area contributed by atoms with E-state index in [0.29, 0.717) is 12.2 Å². The van der Waals surface area contributed by atoms with Crippen molar-refractivity contribution in [1.82, 2.24) is 0 Å². The zero-order valence-corrected chi connectivity index (χ0v) is 26.9. The van der Waals surface area contributed by atoms with E-state index in [1.54, 1.807) is 13.0 Å². The van der Waals surface area contributed by atoms with Crippen molar-refractivity contribution in [3.8, 4) is 17.2 Å². The Morgan fingerprint density at radius 3 is 1.88 bits per heavy atom. The first-order valence-electron chi connectivity index (χ1n) is 15.6. The van der Waals surface area contributed by atoms with E-state index in [1.807, 2.05) is 0 Å². The summed E-state index contributed by atoms with van der Waals surface area (Å²) >= 11 is 0. The third kappa shape index (κ3) is 12.2. The number of para-hydroxylation sites is 1. The number of nitro groups is 1. The van der Waals surface area contributed by atoms with Crippen molar-refractivity contribution in [3.05, 3.63) is 52.1 Å². The molecule has 43 heavy (non-hydrogen) atoms. The maximum Gasteiger partial charge on any atom is 0.321 e. The highest BCUT2D eigenvalue weighted by molar-refractivity contribution is 7.92. The summed E-state index contributed by atoms with van der Waals surface area (Å²) in [5.41, 5.74) is 0.0221. The van der Waals surface area contributed by atoms with Crippen molar-refractivity contribution < 1.29 is 32.8 Å². The first-order valence-corrected chi connectivity index (χ1v) is 17.0. The van der Waals surface area contributed by atoms with Gasteiger partial charge in [-0.1, -0.05) is 103 Å². The van der Waals surface area contributed by atoms with Crippen LogP contribution in [0.1, 0.15) is 102 Å². The lowest BCUT2D eigenvalue weighted by Crippen LogP contribution is -2.36. The summed E-state index contributed by atoms with van der Waals surface area (Å²) in [6, 6.07) is 8.08. The van der Waals surface area contributed by atoms with Crippen LogP contribution in [0.25, 0.3) is 0 Å². The molecule has 11 heteroatoms. The number of anilines is 1. The molecule has 1 N–H and O–H groups in total. The maximum atomic E-state index is 13.5. The molecule has 0 fully saturated rings. The second kappa shape index (κ2) is 20.0. The van der Waals surface area contributed by atoms with E-state index in [4.69, 9.17) is 14.2 Å². The smallest absolute Gasteiger partial charge is 0.321 e. The van der Waals surface area contributed by atoms with Crippen LogP contribution in [-0.2, 0) is 14.8 Å². The van der Waals surface area contributed by atoms with Crippen LogP contribution >= 0.6 is 0 Å². The number of aryl methyl sites for hydroxylation is 1. The third-order valence-corrected chi connectivity index (χ3v) is 8.96. The molecule has 0 aliphatic carbocycles. The largest absolute Gasteiger partial charge is 0.505 e. The van der Waals surface area contributed by atoms with Crippen molar-refractivity contribution in [2.24, 2.45) is 0 Å². The van der Waals surface area contributed by atoms with E-state index in [9.17, 15) is 23.6 Å². The number of sulfonamides is 1. The molecule has 0 unspecified atom stereocenters. The van der Waals surface area contributed by atoms with Crippen LogP contribution < -0.4 is 13.9 Å². The number of unbranched alkanes of at least 4 members (excludes halogenated alkanes) is 13. The van der Waals surface area contributed by atoms with Crippen LogP contribution in [0.4, 0.5) is 5.69 Å². The van der Waals surface area contributed by atoms with Crippen LogP contribution in [0.5, 0.6) is 17.2 Å². The van der Waals surface area contributed by atoms with Crippen LogP contribution in [-0.4, -0.2) is 45.5 Å². The fourth-order valence-electron chi connectivity index (χ4n) is 4.87. The highest BCUT2D eigenvalue weighted by Crippen LogP contribution is 2.39. The lowest BCUT2D eigenvalue weighted by molar-refractivity contribution is -0.474. The average molecular weight is 623 g/mol. The van der Waals surface area contributed by atoms with Gasteiger partial charge in [0.25, 0.3) is 0 Å². The van der Waals surface area contributed by atoms with Crippen LogP contribution in [0.2, 0.25) is 0 Å². The quantitative estimate of drug-likeness (QED) is 0.0709. The summed E-state index contributed by atoms with van der Waals surface area (Å²) in [5.74, 6) is -0.346. The van der Waals surface area contributed by atoms with Crippen molar-refractivity contribution in [2.75, 3.05) is 31.3 Å². The molecule has 0 heterocycles. The molecule has 2 aromatic rings. The Morgan fingerprint density at radius 2 is 1.33 bits per heavy atom. The predicted molar refractivity (Wildman–Crippen MR) is 169 cm³/mol. The summed E-state index contributed by atoms with van der Waals surface area (Å²) in [7, 11) is -3.30. The van der Waals surface area contributed by atoms with E-state index < -0.39 is 31.4 Å². The molecule has 0 radical (unpaired) electrons. The molecule has 0 saturated carbocycles. The Morgan fingerprint density at radius 1 is 0.791 bits per heavy atom. The molecule has 0 spiro atoms. The molecule has 0 aliphatic rings. The average Bonchev–Trinajstić information content (AvgIpc) is 2.97. The van der Waals surface area contributed by atoms with Crippen LogP contribution in [0.3, 0.4) is 0 Å². The fourth-order valence-corrected chi connectivity index (χ4v) is 6.26. The van der Waals surface area contributed by atoms with Gasteiger partial charge >= 0.3 is 10.0 Å². The van der Waals surface area contributed by atoms with Crippen LogP contribution in [0, 0.1) is 17.0 Å². The minimum Gasteiger partial charge on any atom is -0.505 e.